The van der Waals surface area contributed by atoms with Crippen molar-refractivity contribution in [3.05, 3.63) is 41.7 Å². The van der Waals surface area contributed by atoms with Crippen LogP contribution in [0.15, 0.2) is 30.5 Å². The van der Waals surface area contributed by atoms with Crippen molar-refractivity contribution in [1.82, 2.24) is 15.0 Å². The van der Waals surface area contributed by atoms with Crippen molar-refractivity contribution in [3.8, 4) is 17.6 Å². The van der Waals surface area contributed by atoms with E-state index in [2.05, 4.69) is 22.2 Å². The number of benzene rings is 1. The molecule has 0 atom stereocenters. The van der Waals surface area contributed by atoms with E-state index >= 15 is 0 Å². The Labute approximate surface area is 111 Å². The Hall–Kier alpha value is -1.99. The predicted molar refractivity (Wildman–Crippen MR) is 69.4 cm³/mol. The van der Waals surface area contributed by atoms with E-state index in [1.165, 1.54) is 0 Å². The lowest BCUT2D eigenvalue weighted by Gasteiger charge is -2.05. The van der Waals surface area contributed by atoms with Gasteiger partial charge in [0.25, 0.3) is 0 Å². The number of aromatic nitrogens is 3. The molecule has 0 N–H and O–H groups in total. The fourth-order valence-electron chi connectivity index (χ4n) is 1.44. The predicted octanol–water partition coefficient (Wildman–Crippen LogP) is 1.98. The largest absolute Gasteiger partial charge is 0.486 e. The van der Waals surface area contributed by atoms with Crippen LogP contribution in [0.2, 0.25) is 0 Å². The van der Waals surface area contributed by atoms with Crippen LogP contribution in [0.1, 0.15) is 11.3 Å². The number of alkyl halides is 1. The normalized spacial score (nSPS) is 9.67. The molecule has 0 fully saturated rings. The molecule has 2 aromatic rings. The highest BCUT2D eigenvalue weighted by atomic mass is 35.5. The summed E-state index contributed by atoms with van der Waals surface area (Å²) < 4.78 is 7.31. The van der Waals surface area contributed by atoms with Crippen LogP contribution in [0.25, 0.3) is 0 Å². The molecule has 0 radical (unpaired) electrons. The third-order valence-electron chi connectivity index (χ3n) is 2.20. The molecule has 1 aromatic heterocycles. The molecule has 0 saturated carbocycles. The maximum atomic E-state index is 5.67. The van der Waals surface area contributed by atoms with Crippen LogP contribution in [0, 0.1) is 11.8 Å². The van der Waals surface area contributed by atoms with Crippen molar-refractivity contribution < 1.29 is 4.74 Å². The molecule has 2 rings (SSSR count). The number of hydrogen-bond donors (Lipinski definition) is 0. The van der Waals surface area contributed by atoms with Gasteiger partial charge >= 0.3 is 0 Å². The Balaban J connectivity index is 2.09. The van der Waals surface area contributed by atoms with Gasteiger partial charge in [-0.2, -0.15) is 0 Å². The number of halogens is 1. The van der Waals surface area contributed by atoms with Crippen LogP contribution in [-0.4, -0.2) is 20.9 Å². The Morgan fingerprint density at radius 2 is 2.22 bits per heavy atom. The number of aryl methyl sites for hydroxylation is 1. The molecule has 0 amide bonds. The zero-order valence-corrected chi connectivity index (χ0v) is 10.7. The van der Waals surface area contributed by atoms with Gasteiger partial charge in [-0.05, 0) is 12.1 Å². The first-order valence-electron chi connectivity index (χ1n) is 5.41. The highest BCUT2D eigenvalue weighted by Crippen LogP contribution is 2.17. The molecule has 0 spiro atoms. The van der Waals surface area contributed by atoms with Crippen molar-refractivity contribution in [2.24, 2.45) is 7.05 Å². The number of nitrogens with zero attached hydrogens (tertiary/aromatic N) is 3. The van der Waals surface area contributed by atoms with Gasteiger partial charge in [0.15, 0.2) is 0 Å². The summed E-state index contributed by atoms with van der Waals surface area (Å²) in [5.41, 5.74) is 1.60. The van der Waals surface area contributed by atoms with Crippen LogP contribution < -0.4 is 4.74 Å². The standard InChI is InChI=1S/C13H12ClN3O/c1-17-9-12(15-16-17)10-18-13-7-3-2-5-11(13)6-4-8-14/h2-3,5,7,9H,8,10H2,1H3. The van der Waals surface area contributed by atoms with Crippen LogP contribution in [0.3, 0.4) is 0 Å². The molecule has 4 nitrogen and oxygen atoms in total. The molecular formula is C13H12ClN3O. The summed E-state index contributed by atoms with van der Waals surface area (Å²) in [6, 6.07) is 7.57. The molecule has 0 aliphatic rings. The van der Waals surface area contributed by atoms with Crippen LogP contribution in [-0.2, 0) is 13.7 Å². The molecule has 1 aromatic carbocycles. The number of rotatable bonds is 3. The molecule has 5 heteroatoms. The van der Waals surface area contributed by atoms with Gasteiger partial charge in [0, 0.05) is 7.05 Å². The first-order chi connectivity index (χ1) is 8.79. The van der Waals surface area contributed by atoms with Crippen LogP contribution >= 0.6 is 11.6 Å². The molecular weight excluding hydrogens is 250 g/mol. The van der Waals surface area contributed by atoms with Crippen molar-refractivity contribution in [2.45, 2.75) is 6.61 Å². The molecule has 0 bridgehead atoms. The molecule has 1 heterocycles. The van der Waals surface area contributed by atoms with Gasteiger partial charge < -0.3 is 4.74 Å². The summed E-state index contributed by atoms with van der Waals surface area (Å²) >= 11 is 5.54. The highest BCUT2D eigenvalue weighted by Gasteiger charge is 2.03. The zero-order valence-electron chi connectivity index (χ0n) is 9.93. The second-order valence-corrected chi connectivity index (χ2v) is 3.87. The van der Waals surface area contributed by atoms with Crippen molar-refractivity contribution in [1.29, 1.82) is 0 Å². The Bertz CT molecular complexity index is 583. The molecule has 0 unspecified atom stereocenters. The van der Waals surface area contributed by atoms with E-state index in [4.69, 9.17) is 16.3 Å². The van der Waals surface area contributed by atoms with E-state index in [0.29, 0.717) is 12.5 Å². The van der Waals surface area contributed by atoms with Crippen LogP contribution in [0.5, 0.6) is 5.75 Å². The fourth-order valence-corrected chi connectivity index (χ4v) is 1.50. The third-order valence-corrected chi connectivity index (χ3v) is 2.34. The lowest BCUT2D eigenvalue weighted by Crippen LogP contribution is -1.97. The first-order valence-corrected chi connectivity index (χ1v) is 5.95. The summed E-state index contributed by atoms with van der Waals surface area (Å²) in [6.07, 6.45) is 1.81. The first kappa shape index (κ1) is 12.5. The number of hydrogen-bond acceptors (Lipinski definition) is 3. The third kappa shape index (κ3) is 3.25. The highest BCUT2D eigenvalue weighted by molar-refractivity contribution is 6.19. The second-order valence-electron chi connectivity index (χ2n) is 3.60. The Morgan fingerprint density at radius 3 is 2.94 bits per heavy atom. The summed E-state index contributed by atoms with van der Waals surface area (Å²) in [7, 11) is 1.82. The second kappa shape index (κ2) is 6.08. The monoisotopic (exact) mass is 261 g/mol. The minimum Gasteiger partial charge on any atom is -0.486 e. The van der Waals surface area contributed by atoms with Gasteiger partial charge in [-0.3, -0.25) is 4.68 Å². The lowest BCUT2D eigenvalue weighted by molar-refractivity contribution is 0.300. The fraction of sp³-hybridized carbons (Fsp3) is 0.231. The SMILES string of the molecule is Cn1cc(COc2ccccc2C#CCCl)nn1. The van der Waals surface area contributed by atoms with E-state index in [0.717, 1.165) is 17.0 Å². The van der Waals surface area contributed by atoms with Crippen molar-refractivity contribution >= 4 is 11.6 Å². The van der Waals surface area contributed by atoms with E-state index < -0.39 is 0 Å². The van der Waals surface area contributed by atoms with Gasteiger partial charge in [-0.1, -0.05) is 29.2 Å². The number of ether oxygens (including phenoxy) is 1. The van der Waals surface area contributed by atoms with Gasteiger partial charge in [0.1, 0.15) is 18.1 Å². The van der Waals surface area contributed by atoms with E-state index in [1.54, 1.807) is 4.68 Å². The molecule has 0 saturated heterocycles. The lowest BCUT2D eigenvalue weighted by atomic mass is 10.2. The van der Waals surface area contributed by atoms with Gasteiger partial charge in [0.05, 0.1) is 17.6 Å². The Morgan fingerprint density at radius 1 is 1.39 bits per heavy atom. The minimum atomic E-state index is 0.304. The average Bonchev–Trinajstić information content (AvgIpc) is 2.81. The van der Waals surface area contributed by atoms with Crippen LogP contribution in [0.4, 0.5) is 0 Å². The maximum absolute atomic E-state index is 5.67. The Kier molecular flexibility index (Phi) is 4.21. The summed E-state index contributed by atoms with van der Waals surface area (Å²) in [5, 5.41) is 7.80. The van der Waals surface area contributed by atoms with Crippen molar-refractivity contribution in [2.75, 3.05) is 5.88 Å². The smallest absolute Gasteiger partial charge is 0.135 e. The van der Waals surface area contributed by atoms with E-state index in [9.17, 15) is 0 Å². The van der Waals surface area contributed by atoms with Gasteiger partial charge in [0.2, 0.25) is 0 Å². The summed E-state index contributed by atoms with van der Waals surface area (Å²) in [6.45, 7) is 0.368. The zero-order chi connectivity index (χ0) is 12.8. The molecule has 0 aliphatic heterocycles. The number of para-hydroxylation sites is 1. The summed E-state index contributed by atoms with van der Waals surface area (Å²) in [5.74, 6) is 6.79. The van der Waals surface area contributed by atoms with Gasteiger partial charge in [-0.25, -0.2) is 0 Å². The van der Waals surface area contributed by atoms with E-state index in [-0.39, 0.29) is 0 Å². The quantitative estimate of drug-likeness (QED) is 0.627. The van der Waals surface area contributed by atoms with E-state index in [1.807, 2.05) is 37.5 Å². The summed E-state index contributed by atoms with van der Waals surface area (Å²) in [4.78, 5) is 0. The maximum Gasteiger partial charge on any atom is 0.135 e. The average molecular weight is 262 g/mol. The molecule has 92 valence electrons. The molecule has 18 heavy (non-hydrogen) atoms. The van der Waals surface area contributed by atoms with Gasteiger partial charge in [-0.15, -0.1) is 16.7 Å². The topological polar surface area (TPSA) is 39.9 Å². The molecule has 0 aliphatic carbocycles. The van der Waals surface area contributed by atoms with Crippen molar-refractivity contribution in [3.63, 3.8) is 0 Å². The minimum absolute atomic E-state index is 0.304.